The molecule has 2 rings (SSSR count). The monoisotopic (exact) mass is 274 g/mol. The fourth-order valence-electron chi connectivity index (χ4n) is 2.88. The second-order valence-corrected chi connectivity index (χ2v) is 5.89. The lowest BCUT2D eigenvalue weighted by Gasteiger charge is -2.25. The molecule has 0 bridgehead atoms. The Bertz CT molecular complexity index is 381. The fraction of sp³-hybridized carbons (Fsp3) is 0.667. The summed E-state index contributed by atoms with van der Waals surface area (Å²) in [6, 6.07) is 10.6. The van der Waals surface area contributed by atoms with Gasteiger partial charge in [-0.25, -0.2) is 0 Å². The summed E-state index contributed by atoms with van der Waals surface area (Å²) in [6.45, 7) is 8.95. The van der Waals surface area contributed by atoms with E-state index < -0.39 is 0 Å². The maximum atomic E-state index is 3.55. The van der Waals surface area contributed by atoms with Gasteiger partial charge in [-0.05, 0) is 49.9 Å². The summed E-state index contributed by atoms with van der Waals surface area (Å²) in [5.41, 5.74) is 2.83. The molecule has 1 unspecified atom stereocenters. The molecule has 0 aromatic heterocycles. The van der Waals surface area contributed by atoms with Crippen LogP contribution in [0.15, 0.2) is 24.3 Å². The molecule has 112 valence electrons. The topological polar surface area (TPSA) is 15.3 Å². The van der Waals surface area contributed by atoms with Crippen LogP contribution in [0.5, 0.6) is 0 Å². The number of benzene rings is 1. The van der Waals surface area contributed by atoms with Crippen LogP contribution in [-0.2, 0) is 0 Å². The Balaban J connectivity index is 2.05. The minimum absolute atomic E-state index is 0.499. The first-order valence-electron chi connectivity index (χ1n) is 8.40. The summed E-state index contributed by atoms with van der Waals surface area (Å²) in [6.07, 6.45) is 6.48. The fourth-order valence-corrected chi connectivity index (χ4v) is 2.88. The van der Waals surface area contributed by atoms with Crippen molar-refractivity contribution >= 4 is 5.69 Å². The van der Waals surface area contributed by atoms with Crippen molar-refractivity contribution in [3.05, 3.63) is 29.8 Å². The van der Waals surface area contributed by atoms with Crippen molar-refractivity contribution in [2.24, 2.45) is 0 Å². The smallest absolute Gasteiger partial charge is 0.0368 e. The van der Waals surface area contributed by atoms with E-state index in [4.69, 9.17) is 0 Å². The standard InChI is InChI=1S/C18H30N2/c1-4-7-14-20(17-12-13-17)16-10-8-15(9-11-16)18(5-2)19-6-3/h8-11,17-19H,4-7,12-14H2,1-3H3. The van der Waals surface area contributed by atoms with E-state index in [-0.39, 0.29) is 0 Å². The Morgan fingerprint density at radius 1 is 1.15 bits per heavy atom. The number of anilines is 1. The largest absolute Gasteiger partial charge is 0.369 e. The van der Waals surface area contributed by atoms with Crippen LogP contribution in [0.25, 0.3) is 0 Å². The molecule has 1 aromatic rings. The van der Waals surface area contributed by atoms with Crippen molar-refractivity contribution in [3.8, 4) is 0 Å². The molecule has 1 aliphatic carbocycles. The van der Waals surface area contributed by atoms with Crippen LogP contribution >= 0.6 is 0 Å². The molecule has 1 aromatic carbocycles. The Labute approximate surface area is 124 Å². The van der Waals surface area contributed by atoms with E-state index in [2.05, 4.69) is 55.3 Å². The highest BCUT2D eigenvalue weighted by atomic mass is 15.2. The van der Waals surface area contributed by atoms with Gasteiger partial charge in [-0.3, -0.25) is 0 Å². The molecule has 1 saturated carbocycles. The molecule has 2 nitrogen and oxygen atoms in total. The number of rotatable bonds is 9. The second-order valence-electron chi connectivity index (χ2n) is 5.89. The minimum atomic E-state index is 0.499. The molecule has 0 saturated heterocycles. The lowest BCUT2D eigenvalue weighted by atomic mass is 10.0. The van der Waals surface area contributed by atoms with E-state index >= 15 is 0 Å². The van der Waals surface area contributed by atoms with Crippen molar-refractivity contribution in [1.29, 1.82) is 0 Å². The molecule has 0 spiro atoms. The highest BCUT2D eigenvalue weighted by Crippen LogP contribution is 2.32. The molecule has 0 aliphatic heterocycles. The zero-order valence-corrected chi connectivity index (χ0v) is 13.4. The van der Waals surface area contributed by atoms with Crippen LogP contribution in [-0.4, -0.2) is 19.1 Å². The molecule has 1 atom stereocenters. The second kappa shape index (κ2) is 7.68. The third kappa shape index (κ3) is 3.99. The predicted octanol–water partition coefficient (Wildman–Crippen LogP) is 4.52. The Kier molecular flexibility index (Phi) is 5.90. The van der Waals surface area contributed by atoms with Gasteiger partial charge in [0, 0.05) is 24.3 Å². The molecule has 0 radical (unpaired) electrons. The summed E-state index contributed by atoms with van der Waals surface area (Å²) in [5.74, 6) is 0. The van der Waals surface area contributed by atoms with E-state index in [1.807, 2.05) is 0 Å². The van der Waals surface area contributed by atoms with Crippen LogP contribution in [0.3, 0.4) is 0 Å². The summed E-state index contributed by atoms with van der Waals surface area (Å²) in [4.78, 5) is 2.61. The van der Waals surface area contributed by atoms with Crippen molar-refractivity contribution in [1.82, 2.24) is 5.32 Å². The van der Waals surface area contributed by atoms with Gasteiger partial charge in [0.25, 0.3) is 0 Å². The third-order valence-corrected chi connectivity index (χ3v) is 4.23. The molecule has 1 fully saturated rings. The van der Waals surface area contributed by atoms with Gasteiger partial charge in [-0.2, -0.15) is 0 Å². The first-order valence-corrected chi connectivity index (χ1v) is 8.40. The van der Waals surface area contributed by atoms with Crippen molar-refractivity contribution in [2.45, 2.75) is 65.0 Å². The number of unbranched alkanes of at least 4 members (excludes halogenated alkanes) is 1. The maximum Gasteiger partial charge on any atom is 0.0368 e. The Morgan fingerprint density at radius 2 is 1.85 bits per heavy atom. The van der Waals surface area contributed by atoms with Gasteiger partial charge in [0.2, 0.25) is 0 Å². The molecule has 1 aliphatic rings. The van der Waals surface area contributed by atoms with Gasteiger partial charge in [0.05, 0.1) is 0 Å². The number of hydrogen-bond donors (Lipinski definition) is 1. The molecule has 20 heavy (non-hydrogen) atoms. The van der Waals surface area contributed by atoms with E-state index in [1.54, 1.807) is 0 Å². The number of nitrogens with one attached hydrogen (secondary N) is 1. The third-order valence-electron chi connectivity index (χ3n) is 4.23. The van der Waals surface area contributed by atoms with Crippen LogP contribution in [0, 0.1) is 0 Å². The van der Waals surface area contributed by atoms with Crippen molar-refractivity contribution in [3.63, 3.8) is 0 Å². The van der Waals surface area contributed by atoms with Gasteiger partial charge in [-0.15, -0.1) is 0 Å². The molecular weight excluding hydrogens is 244 g/mol. The summed E-state index contributed by atoms with van der Waals surface area (Å²) >= 11 is 0. The summed E-state index contributed by atoms with van der Waals surface area (Å²) in [5, 5.41) is 3.55. The van der Waals surface area contributed by atoms with Gasteiger partial charge >= 0.3 is 0 Å². The highest BCUT2D eigenvalue weighted by molar-refractivity contribution is 5.50. The van der Waals surface area contributed by atoms with E-state index in [0.29, 0.717) is 6.04 Å². The van der Waals surface area contributed by atoms with E-state index in [0.717, 1.165) is 19.0 Å². The average molecular weight is 274 g/mol. The minimum Gasteiger partial charge on any atom is -0.369 e. The Hall–Kier alpha value is -1.02. The van der Waals surface area contributed by atoms with Gasteiger partial charge in [-0.1, -0.05) is 39.3 Å². The zero-order chi connectivity index (χ0) is 14.4. The molecule has 0 amide bonds. The Morgan fingerprint density at radius 3 is 2.35 bits per heavy atom. The van der Waals surface area contributed by atoms with Crippen molar-refractivity contribution in [2.75, 3.05) is 18.0 Å². The quantitative estimate of drug-likeness (QED) is 0.712. The molecular formula is C18H30N2. The SMILES string of the molecule is CCCCN(c1ccc(C(CC)NCC)cc1)C1CC1. The number of nitrogens with zero attached hydrogens (tertiary/aromatic N) is 1. The first-order chi connectivity index (χ1) is 9.80. The normalized spacial score (nSPS) is 16.1. The van der Waals surface area contributed by atoms with Crippen LogP contribution < -0.4 is 10.2 Å². The lowest BCUT2D eigenvalue weighted by Crippen LogP contribution is -2.26. The van der Waals surface area contributed by atoms with Gasteiger partial charge < -0.3 is 10.2 Å². The van der Waals surface area contributed by atoms with Gasteiger partial charge in [0.1, 0.15) is 0 Å². The highest BCUT2D eigenvalue weighted by Gasteiger charge is 2.28. The lowest BCUT2D eigenvalue weighted by molar-refractivity contribution is 0.537. The summed E-state index contributed by atoms with van der Waals surface area (Å²) < 4.78 is 0. The average Bonchev–Trinajstić information content (AvgIpc) is 3.31. The maximum absolute atomic E-state index is 3.55. The van der Waals surface area contributed by atoms with Crippen LogP contribution in [0.1, 0.15) is 64.5 Å². The summed E-state index contributed by atoms with van der Waals surface area (Å²) in [7, 11) is 0. The van der Waals surface area contributed by atoms with Gasteiger partial charge in [0.15, 0.2) is 0 Å². The molecule has 2 heteroatoms. The van der Waals surface area contributed by atoms with Crippen molar-refractivity contribution < 1.29 is 0 Å². The van der Waals surface area contributed by atoms with E-state index in [9.17, 15) is 0 Å². The molecule has 0 heterocycles. The van der Waals surface area contributed by atoms with E-state index in [1.165, 1.54) is 43.5 Å². The number of hydrogen-bond acceptors (Lipinski definition) is 2. The van der Waals surface area contributed by atoms with Crippen LogP contribution in [0.4, 0.5) is 5.69 Å². The molecule has 1 N–H and O–H groups in total. The zero-order valence-electron chi connectivity index (χ0n) is 13.4. The predicted molar refractivity (Wildman–Crippen MR) is 88.4 cm³/mol. The van der Waals surface area contributed by atoms with Crippen LogP contribution in [0.2, 0.25) is 0 Å². The first kappa shape index (κ1) is 15.4.